The van der Waals surface area contributed by atoms with Gasteiger partial charge in [-0.1, -0.05) is 0 Å². The molecule has 2 amide bonds. The number of nitrogens with one attached hydrogen (secondary N) is 2. The van der Waals surface area contributed by atoms with Crippen molar-refractivity contribution in [2.24, 2.45) is 0 Å². The summed E-state index contributed by atoms with van der Waals surface area (Å²) in [5.41, 5.74) is 0. The second-order valence-electron chi connectivity index (χ2n) is 2.43. The van der Waals surface area contributed by atoms with Crippen LogP contribution in [0.1, 0.15) is 0 Å². The van der Waals surface area contributed by atoms with Crippen LogP contribution < -0.4 is 10.6 Å². The Morgan fingerprint density at radius 2 is 1.33 bits per heavy atom. The first-order valence-corrected chi connectivity index (χ1v) is 4.48. The third kappa shape index (κ3) is 1.81. The minimum Gasteiger partial charge on any atom is -0.341 e. The number of amides is 2. The van der Waals surface area contributed by atoms with Crippen LogP contribution in [0.5, 0.6) is 0 Å². The second kappa shape index (κ2) is 3.96. The van der Waals surface area contributed by atoms with Gasteiger partial charge in [0.05, 0.1) is 11.8 Å². The molecule has 1 saturated heterocycles. The van der Waals surface area contributed by atoms with Crippen molar-refractivity contribution in [2.45, 2.75) is 12.1 Å². The fraction of sp³-hybridized carbons (Fsp3) is 0.667. The van der Waals surface area contributed by atoms with E-state index in [1.807, 2.05) is 0 Å². The Morgan fingerprint density at radius 1 is 1.00 bits per heavy atom. The van der Waals surface area contributed by atoms with E-state index in [2.05, 4.69) is 10.6 Å². The molecule has 1 fully saturated rings. The number of halogens is 2. The highest BCUT2D eigenvalue weighted by molar-refractivity contribution is 6.22. The first kappa shape index (κ1) is 9.61. The lowest BCUT2D eigenvalue weighted by atomic mass is 10.2. The molecule has 0 radical (unpaired) electrons. The fourth-order valence-corrected chi connectivity index (χ4v) is 1.33. The lowest BCUT2D eigenvalue weighted by molar-refractivity contribution is -0.135. The van der Waals surface area contributed by atoms with E-state index in [0.717, 1.165) is 0 Å². The normalized spacial score (nSPS) is 29.5. The van der Waals surface area contributed by atoms with E-state index >= 15 is 0 Å². The lowest BCUT2D eigenvalue weighted by Gasteiger charge is -2.26. The van der Waals surface area contributed by atoms with E-state index in [4.69, 9.17) is 23.2 Å². The van der Waals surface area contributed by atoms with Crippen molar-refractivity contribution in [1.29, 1.82) is 0 Å². The zero-order valence-electron chi connectivity index (χ0n) is 6.14. The number of alkyl halides is 2. The monoisotopic (exact) mass is 210 g/mol. The summed E-state index contributed by atoms with van der Waals surface area (Å²) in [7, 11) is 0. The molecular weight excluding hydrogens is 203 g/mol. The third-order valence-corrected chi connectivity index (χ3v) is 2.19. The molecule has 4 nitrogen and oxygen atoms in total. The number of carbonyl (C=O) groups is 2. The molecule has 0 saturated carbocycles. The third-order valence-electron chi connectivity index (χ3n) is 1.57. The lowest BCUT2D eigenvalue weighted by Crippen LogP contribution is -2.62. The zero-order valence-corrected chi connectivity index (χ0v) is 7.65. The smallest absolute Gasteiger partial charge is 0.244 e. The van der Waals surface area contributed by atoms with Crippen LogP contribution in [0.25, 0.3) is 0 Å². The van der Waals surface area contributed by atoms with Crippen LogP contribution in [0, 0.1) is 0 Å². The molecule has 0 aliphatic carbocycles. The highest BCUT2D eigenvalue weighted by Crippen LogP contribution is 2.00. The van der Waals surface area contributed by atoms with Crippen LogP contribution in [0.3, 0.4) is 0 Å². The number of hydrogen-bond acceptors (Lipinski definition) is 2. The Balaban J connectivity index is 2.61. The first-order valence-electron chi connectivity index (χ1n) is 3.41. The van der Waals surface area contributed by atoms with Crippen LogP contribution in [0.4, 0.5) is 0 Å². The van der Waals surface area contributed by atoms with Crippen molar-refractivity contribution in [2.75, 3.05) is 11.8 Å². The summed E-state index contributed by atoms with van der Waals surface area (Å²) in [5, 5.41) is 4.90. The molecule has 1 rings (SSSR count). The number of piperazine rings is 1. The molecule has 68 valence electrons. The Hall–Kier alpha value is -0.480. The van der Waals surface area contributed by atoms with Gasteiger partial charge in [-0.15, -0.1) is 23.2 Å². The molecule has 2 atom stereocenters. The van der Waals surface area contributed by atoms with Gasteiger partial charge in [0, 0.05) is 0 Å². The number of carbonyl (C=O) groups excluding carboxylic acids is 2. The quantitative estimate of drug-likeness (QED) is 0.602. The molecular formula is C6H8Cl2N2O2. The summed E-state index contributed by atoms with van der Waals surface area (Å²) in [5.74, 6) is -0.412. The highest BCUT2D eigenvalue weighted by Gasteiger charge is 2.32. The molecule has 0 bridgehead atoms. The summed E-state index contributed by atoms with van der Waals surface area (Å²) in [6, 6.07) is -1.25. The topological polar surface area (TPSA) is 58.2 Å². The number of hydrogen-bond donors (Lipinski definition) is 2. The van der Waals surface area contributed by atoms with Crippen LogP contribution in [0.2, 0.25) is 0 Å². The molecule has 2 N–H and O–H groups in total. The van der Waals surface area contributed by atoms with Gasteiger partial charge in [0.15, 0.2) is 0 Å². The second-order valence-corrected chi connectivity index (χ2v) is 3.05. The van der Waals surface area contributed by atoms with Gasteiger partial charge in [-0.3, -0.25) is 9.59 Å². The van der Waals surface area contributed by atoms with Crippen molar-refractivity contribution >= 4 is 35.0 Å². The first-order chi connectivity index (χ1) is 5.69. The molecule has 0 aromatic rings. The summed E-state index contributed by atoms with van der Waals surface area (Å²) in [6.07, 6.45) is 0. The minimum atomic E-state index is -0.626. The molecule has 0 aromatic carbocycles. The Morgan fingerprint density at radius 3 is 1.58 bits per heavy atom. The summed E-state index contributed by atoms with van der Waals surface area (Å²) >= 11 is 10.8. The van der Waals surface area contributed by atoms with Crippen molar-refractivity contribution in [3.05, 3.63) is 0 Å². The van der Waals surface area contributed by atoms with E-state index in [1.54, 1.807) is 0 Å². The van der Waals surface area contributed by atoms with Crippen LogP contribution in [-0.4, -0.2) is 35.7 Å². The van der Waals surface area contributed by atoms with Crippen LogP contribution in [-0.2, 0) is 9.59 Å². The summed E-state index contributed by atoms with van der Waals surface area (Å²) in [4.78, 5) is 22.1. The molecule has 0 aromatic heterocycles. The van der Waals surface area contributed by atoms with Crippen molar-refractivity contribution in [1.82, 2.24) is 10.6 Å². The Kier molecular flexibility index (Phi) is 3.17. The number of rotatable bonds is 2. The molecule has 6 heteroatoms. The molecule has 12 heavy (non-hydrogen) atoms. The Labute approximate surface area is 79.6 Å². The molecule has 1 aliphatic rings. The minimum absolute atomic E-state index is 0.0760. The molecule has 0 spiro atoms. The van der Waals surface area contributed by atoms with Gasteiger partial charge in [-0.25, -0.2) is 0 Å². The van der Waals surface area contributed by atoms with Gasteiger partial charge >= 0.3 is 0 Å². The maximum absolute atomic E-state index is 11.1. The SMILES string of the molecule is O=C1NC(CCl)C(=O)NC1CCl. The van der Waals surface area contributed by atoms with E-state index in [-0.39, 0.29) is 23.6 Å². The van der Waals surface area contributed by atoms with Gasteiger partial charge in [-0.05, 0) is 0 Å². The van der Waals surface area contributed by atoms with Gasteiger partial charge < -0.3 is 10.6 Å². The average molecular weight is 211 g/mol. The van der Waals surface area contributed by atoms with Crippen molar-refractivity contribution in [3.8, 4) is 0 Å². The predicted molar refractivity (Wildman–Crippen MR) is 45.3 cm³/mol. The van der Waals surface area contributed by atoms with E-state index in [1.165, 1.54) is 0 Å². The zero-order chi connectivity index (χ0) is 9.14. The van der Waals surface area contributed by atoms with E-state index in [9.17, 15) is 9.59 Å². The Bertz CT molecular complexity index is 188. The largest absolute Gasteiger partial charge is 0.341 e. The predicted octanol–water partition coefficient (Wildman–Crippen LogP) is -0.553. The van der Waals surface area contributed by atoms with Crippen molar-refractivity contribution < 1.29 is 9.59 Å². The molecule has 2 unspecified atom stereocenters. The highest BCUT2D eigenvalue weighted by atomic mass is 35.5. The van der Waals surface area contributed by atoms with E-state index in [0.29, 0.717) is 0 Å². The van der Waals surface area contributed by atoms with Gasteiger partial charge in [0.1, 0.15) is 12.1 Å². The summed E-state index contributed by atoms with van der Waals surface area (Å²) < 4.78 is 0. The fourth-order valence-electron chi connectivity index (χ4n) is 0.893. The average Bonchev–Trinajstić information content (AvgIpc) is 2.08. The van der Waals surface area contributed by atoms with Gasteiger partial charge in [0.25, 0.3) is 0 Å². The van der Waals surface area contributed by atoms with Gasteiger partial charge in [-0.2, -0.15) is 0 Å². The van der Waals surface area contributed by atoms with Crippen molar-refractivity contribution in [3.63, 3.8) is 0 Å². The van der Waals surface area contributed by atoms with E-state index < -0.39 is 12.1 Å². The maximum atomic E-state index is 11.1. The summed E-state index contributed by atoms with van der Waals surface area (Å²) in [6.45, 7) is 0. The molecule has 1 heterocycles. The van der Waals surface area contributed by atoms with Crippen LogP contribution in [0.15, 0.2) is 0 Å². The molecule has 1 aliphatic heterocycles. The van der Waals surface area contributed by atoms with Gasteiger partial charge in [0.2, 0.25) is 11.8 Å². The maximum Gasteiger partial charge on any atom is 0.244 e. The standard InChI is InChI=1S/C6H8Cl2N2O2/c7-1-3-5(11)10-4(2-8)6(12)9-3/h3-4H,1-2H2,(H,9,12)(H,10,11). The van der Waals surface area contributed by atoms with Crippen LogP contribution >= 0.6 is 23.2 Å².